The van der Waals surface area contributed by atoms with E-state index in [1.165, 1.54) is 22.2 Å². The molecule has 0 radical (unpaired) electrons. The number of hydrogen-bond acceptors (Lipinski definition) is 1. The predicted molar refractivity (Wildman–Crippen MR) is 117 cm³/mol. The minimum atomic E-state index is -0.290. The number of hydrogen-bond donors (Lipinski definition) is 2. The maximum atomic E-state index is 13.4. The van der Waals surface area contributed by atoms with Crippen molar-refractivity contribution >= 4 is 16.8 Å². The Hall–Kier alpha value is -3.33. The molecule has 0 saturated carbocycles. The van der Waals surface area contributed by atoms with Gasteiger partial charge in [0.15, 0.2) is 0 Å². The quantitative estimate of drug-likeness (QED) is 0.516. The van der Waals surface area contributed by atoms with Crippen LogP contribution in [0, 0.1) is 0 Å². The highest BCUT2D eigenvalue weighted by Gasteiger charge is 2.28. The number of rotatable bonds is 4. The maximum absolute atomic E-state index is 13.4. The lowest BCUT2D eigenvalue weighted by molar-refractivity contribution is -0.122. The maximum Gasteiger partial charge on any atom is 0.232 e. The second-order valence-corrected chi connectivity index (χ2v) is 7.83. The van der Waals surface area contributed by atoms with E-state index in [1.807, 2.05) is 60.7 Å². The van der Waals surface area contributed by atoms with Crippen LogP contribution < -0.4 is 5.32 Å². The van der Waals surface area contributed by atoms with Gasteiger partial charge < -0.3 is 10.3 Å². The van der Waals surface area contributed by atoms with Gasteiger partial charge in [0.2, 0.25) is 5.91 Å². The van der Waals surface area contributed by atoms with Crippen molar-refractivity contribution in [2.24, 2.45) is 0 Å². The predicted octanol–water partition coefficient (Wildman–Crippen LogP) is 4.97. The van der Waals surface area contributed by atoms with Gasteiger partial charge in [-0.1, -0.05) is 78.9 Å². The van der Waals surface area contributed by atoms with E-state index in [4.69, 9.17) is 0 Å². The highest BCUT2D eigenvalue weighted by atomic mass is 16.1. The van der Waals surface area contributed by atoms with Crippen LogP contribution >= 0.6 is 0 Å². The van der Waals surface area contributed by atoms with E-state index < -0.39 is 0 Å². The molecule has 3 aromatic carbocycles. The van der Waals surface area contributed by atoms with Gasteiger partial charge in [0, 0.05) is 29.1 Å². The molecule has 4 aromatic rings. The summed E-state index contributed by atoms with van der Waals surface area (Å²) in [6.45, 7) is 0. The van der Waals surface area contributed by atoms with Crippen molar-refractivity contribution < 1.29 is 4.79 Å². The van der Waals surface area contributed by atoms with Gasteiger partial charge in [0.25, 0.3) is 0 Å². The number of carbonyl (C=O) groups is 1. The fourth-order valence-corrected chi connectivity index (χ4v) is 4.58. The Kier molecular flexibility index (Phi) is 4.65. The zero-order valence-electron chi connectivity index (χ0n) is 16.3. The number of carbonyl (C=O) groups excluding carboxylic acids is 1. The number of benzene rings is 3. The van der Waals surface area contributed by atoms with Crippen molar-refractivity contribution in [3.05, 3.63) is 107 Å². The third-order valence-electron chi connectivity index (χ3n) is 5.97. The van der Waals surface area contributed by atoms with Gasteiger partial charge in [-0.05, 0) is 35.6 Å². The molecule has 1 atom stereocenters. The van der Waals surface area contributed by atoms with Crippen molar-refractivity contribution in [2.75, 3.05) is 0 Å². The molecule has 0 spiro atoms. The second-order valence-electron chi connectivity index (χ2n) is 7.83. The number of amides is 1. The molecule has 1 aliphatic rings. The largest absolute Gasteiger partial charge is 0.358 e. The molecule has 0 bridgehead atoms. The number of aromatic amines is 1. The highest BCUT2D eigenvalue weighted by molar-refractivity contribution is 5.88. The van der Waals surface area contributed by atoms with Crippen LogP contribution in [0.1, 0.15) is 34.7 Å². The number of H-pyrrole nitrogens is 1. The van der Waals surface area contributed by atoms with E-state index in [-0.39, 0.29) is 17.9 Å². The molecular formula is C26H24N2O. The van der Waals surface area contributed by atoms with E-state index >= 15 is 0 Å². The smallest absolute Gasteiger partial charge is 0.232 e. The van der Waals surface area contributed by atoms with E-state index in [1.54, 1.807) is 0 Å². The molecule has 1 amide bonds. The number of para-hydroxylation sites is 1. The summed E-state index contributed by atoms with van der Waals surface area (Å²) in [5.74, 6) is -0.214. The Balaban J connectivity index is 1.39. The zero-order chi connectivity index (χ0) is 19.6. The molecule has 1 aliphatic carbocycles. The van der Waals surface area contributed by atoms with Crippen LogP contribution in [0.4, 0.5) is 0 Å². The minimum Gasteiger partial charge on any atom is -0.358 e. The average molecular weight is 380 g/mol. The molecule has 0 aliphatic heterocycles. The fraction of sp³-hybridized carbons (Fsp3) is 0.192. The summed E-state index contributed by atoms with van der Waals surface area (Å²) >= 11 is 0. The molecule has 5 rings (SSSR count). The third-order valence-corrected chi connectivity index (χ3v) is 5.97. The molecule has 1 heterocycles. The van der Waals surface area contributed by atoms with Gasteiger partial charge in [-0.15, -0.1) is 0 Å². The van der Waals surface area contributed by atoms with E-state index in [0.717, 1.165) is 30.4 Å². The molecule has 1 unspecified atom stereocenters. The van der Waals surface area contributed by atoms with Crippen LogP contribution in [0.2, 0.25) is 0 Å². The Labute approximate surface area is 170 Å². The van der Waals surface area contributed by atoms with Crippen LogP contribution in [-0.2, 0) is 17.6 Å². The first-order valence-electron chi connectivity index (χ1n) is 10.3. The number of nitrogens with one attached hydrogen (secondary N) is 2. The Bertz CT molecular complexity index is 1090. The number of aryl methyl sites for hydroxylation is 1. The number of fused-ring (bicyclic) bond motifs is 3. The average Bonchev–Trinajstić information content (AvgIpc) is 3.13. The van der Waals surface area contributed by atoms with Gasteiger partial charge in [0.05, 0.1) is 5.92 Å². The normalized spacial score (nSPS) is 16.0. The monoisotopic (exact) mass is 380 g/mol. The minimum absolute atomic E-state index is 0.0759. The van der Waals surface area contributed by atoms with Crippen LogP contribution in [0.15, 0.2) is 84.9 Å². The Morgan fingerprint density at radius 3 is 2.17 bits per heavy atom. The third kappa shape index (κ3) is 3.44. The summed E-state index contributed by atoms with van der Waals surface area (Å²) < 4.78 is 0. The summed E-state index contributed by atoms with van der Waals surface area (Å²) in [5.41, 5.74) is 5.92. The molecule has 3 heteroatoms. The Morgan fingerprint density at radius 1 is 0.862 bits per heavy atom. The summed E-state index contributed by atoms with van der Waals surface area (Å²) in [6, 6.07) is 28.7. The molecule has 0 saturated heterocycles. The summed E-state index contributed by atoms with van der Waals surface area (Å²) in [4.78, 5) is 16.9. The van der Waals surface area contributed by atoms with Crippen molar-refractivity contribution in [1.82, 2.24) is 10.3 Å². The van der Waals surface area contributed by atoms with E-state index in [0.29, 0.717) is 0 Å². The summed E-state index contributed by atoms with van der Waals surface area (Å²) in [6.07, 6.45) is 2.81. The zero-order valence-corrected chi connectivity index (χ0v) is 16.3. The summed E-state index contributed by atoms with van der Waals surface area (Å²) in [5, 5.41) is 4.66. The van der Waals surface area contributed by atoms with Crippen LogP contribution in [0.25, 0.3) is 10.9 Å². The SMILES string of the molecule is O=C(NC1CCc2c([nH]c3ccccc23)C1)C(c1ccccc1)c1ccccc1. The van der Waals surface area contributed by atoms with E-state index in [9.17, 15) is 4.79 Å². The van der Waals surface area contributed by atoms with Crippen molar-refractivity contribution in [1.29, 1.82) is 0 Å². The molecule has 2 N–H and O–H groups in total. The molecule has 3 nitrogen and oxygen atoms in total. The lowest BCUT2D eigenvalue weighted by Gasteiger charge is -2.26. The van der Waals surface area contributed by atoms with Crippen molar-refractivity contribution in [3.8, 4) is 0 Å². The second kappa shape index (κ2) is 7.59. The van der Waals surface area contributed by atoms with Gasteiger partial charge in [-0.3, -0.25) is 4.79 Å². The first kappa shape index (κ1) is 17.7. The van der Waals surface area contributed by atoms with Gasteiger partial charge in [-0.25, -0.2) is 0 Å². The molecule has 144 valence electrons. The van der Waals surface area contributed by atoms with Crippen LogP contribution in [0.3, 0.4) is 0 Å². The van der Waals surface area contributed by atoms with Gasteiger partial charge in [-0.2, -0.15) is 0 Å². The molecular weight excluding hydrogens is 356 g/mol. The molecule has 0 fully saturated rings. The lowest BCUT2D eigenvalue weighted by Crippen LogP contribution is -2.41. The van der Waals surface area contributed by atoms with Gasteiger partial charge >= 0.3 is 0 Å². The molecule has 1 aromatic heterocycles. The fourth-order valence-electron chi connectivity index (χ4n) is 4.58. The first-order valence-corrected chi connectivity index (χ1v) is 10.3. The number of aromatic nitrogens is 1. The van der Waals surface area contributed by atoms with Crippen LogP contribution in [-0.4, -0.2) is 16.9 Å². The molecule has 29 heavy (non-hydrogen) atoms. The summed E-state index contributed by atoms with van der Waals surface area (Å²) in [7, 11) is 0. The Morgan fingerprint density at radius 2 is 1.48 bits per heavy atom. The van der Waals surface area contributed by atoms with Gasteiger partial charge in [0.1, 0.15) is 0 Å². The highest BCUT2D eigenvalue weighted by Crippen LogP contribution is 2.30. The van der Waals surface area contributed by atoms with Crippen molar-refractivity contribution in [2.45, 2.75) is 31.2 Å². The van der Waals surface area contributed by atoms with Crippen molar-refractivity contribution in [3.63, 3.8) is 0 Å². The van der Waals surface area contributed by atoms with E-state index in [2.05, 4.69) is 34.6 Å². The topological polar surface area (TPSA) is 44.9 Å². The van der Waals surface area contributed by atoms with Crippen LogP contribution in [0.5, 0.6) is 0 Å². The lowest BCUT2D eigenvalue weighted by atomic mass is 9.88. The standard InChI is InChI=1S/C26H24N2O/c29-26(25(18-9-3-1-4-10-18)19-11-5-2-6-12-19)27-20-15-16-22-21-13-7-8-14-23(21)28-24(22)17-20/h1-14,20,25,28H,15-17H2,(H,27,29). The first-order chi connectivity index (χ1) is 14.3.